The fraction of sp³-hybridized carbons (Fsp3) is 0.500. The van der Waals surface area contributed by atoms with Gasteiger partial charge in [-0.3, -0.25) is 4.79 Å². The fourth-order valence-electron chi connectivity index (χ4n) is 2.70. The molecule has 2 unspecified atom stereocenters. The lowest BCUT2D eigenvalue weighted by Gasteiger charge is -2.32. The zero-order chi connectivity index (χ0) is 15.8. The van der Waals surface area contributed by atoms with Gasteiger partial charge in [0.05, 0.1) is 0 Å². The van der Waals surface area contributed by atoms with Crippen molar-refractivity contribution in [3.63, 3.8) is 0 Å². The molecule has 1 aromatic carbocycles. The SMILES string of the molecule is CC(C(=O)NC(C)(C)C)N1c2ccccc2CC1C(=O)O. The lowest BCUT2D eigenvalue weighted by molar-refractivity contribution is -0.138. The van der Waals surface area contributed by atoms with E-state index in [1.54, 1.807) is 11.8 Å². The van der Waals surface area contributed by atoms with Gasteiger partial charge in [-0.25, -0.2) is 4.79 Å². The Morgan fingerprint density at radius 3 is 2.52 bits per heavy atom. The molecule has 0 aliphatic carbocycles. The van der Waals surface area contributed by atoms with E-state index in [1.165, 1.54) is 0 Å². The van der Waals surface area contributed by atoms with Gasteiger partial charge in [0, 0.05) is 17.6 Å². The van der Waals surface area contributed by atoms with Crippen molar-refractivity contribution < 1.29 is 14.7 Å². The minimum Gasteiger partial charge on any atom is -0.480 e. The molecule has 0 bridgehead atoms. The molecule has 0 saturated carbocycles. The Labute approximate surface area is 125 Å². The van der Waals surface area contributed by atoms with Gasteiger partial charge in [0.1, 0.15) is 12.1 Å². The summed E-state index contributed by atoms with van der Waals surface area (Å²) in [7, 11) is 0. The van der Waals surface area contributed by atoms with Crippen LogP contribution in [0.5, 0.6) is 0 Å². The Balaban J connectivity index is 2.30. The van der Waals surface area contributed by atoms with Crippen molar-refractivity contribution in [3.05, 3.63) is 29.8 Å². The van der Waals surface area contributed by atoms with Crippen molar-refractivity contribution in [3.8, 4) is 0 Å². The Kier molecular flexibility index (Phi) is 3.94. The number of para-hydroxylation sites is 1. The van der Waals surface area contributed by atoms with Crippen LogP contribution in [0.4, 0.5) is 5.69 Å². The van der Waals surface area contributed by atoms with Gasteiger partial charge in [-0.15, -0.1) is 0 Å². The number of carboxylic acid groups (broad SMARTS) is 1. The van der Waals surface area contributed by atoms with Crippen molar-refractivity contribution in [2.45, 2.75) is 51.7 Å². The number of hydrogen-bond donors (Lipinski definition) is 2. The van der Waals surface area contributed by atoms with Crippen LogP contribution >= 0.6 is 0 Å². The van der Waals surface area contributed by atoms with E-state index >= 15 is 0 Å². The van der Waals surface area contributed by atoms with Crippen LogP contribution in [0.15, 0.2) is 24.3 Å². The number of hydrogen-bond acceptors (Lipinski definition) is 3. The van der Waals surface area contributed by atoms with Gasteiger partial charge in [0.2, 0.25) is 5.91 Å². The van der Waals surface area contributed by atoms with Crippen molar-refractivity contribution in [1.82, 2.24) is 5.32 Å². The summed E-state index contributed by atoms with van der Waals surface area (Å²) in [6.07, 6.45) is 0.429. The second-order valence-electron chi connectivity index (χ2n) is 6.51. The smallest absolute Gasteiger partial charge is 0.326 e. The molecule has 5 heteroatoms. The number of anilines is 1. The molecule has 1 amide bonds. The summed E-state index contributed by atoms with van der Waals surface area (Å²) in [4.78, 5) is 25.6. The number of carboxylic acids is 1. The standard InChI is InChI=1S/C16H22N2O3/c1-10(14(19)17-16(2,3)4)18-12-8-6-5-7-11(12)9-13(18)15(20)21/h5-8,10,13H,9H2,1-4H3,(H,17,19)(H,20,21). The number of nitrogens with one attached hydrogen (secondary N) is 1. The lowest BCUT2D eigenvalue weighted by atomic mass is 10.1. The molecule has 1 aliphatic heterocycles. The van der Waals surface area contributed by atoms with E-state index in [-0.39, 0.29) is 11.4 Å². The highest BCUT2D eigenvalue weighted by atomic mass is 16.4. The second-order valence-corrected chi connectivity index (χ2v) is 6.51. The van der Waals surface area contributed by atoms with Gasteiger partial charge in [-0.05, 0) is 39.3 Å². The Morgan fingerprint density at radius 2 is 1.95 bits per heavy atom. The molecule has 0 aromatic heterocycles. The van der Waals surface area contributed by atoms with Gasteiger partial charge >= 0.3 is 5.97 Å². The first-order chi connectivity index (χ1) is 9.70. The number of carbonyl (C=O) groups is 2. The highest BCUT2D eigenvalue weighted by Crippen LogP contribution is 2.34. The van der Waals surface area contributed by atoms with Gasteiger partial charge in [0.15, 0.2) is 0 Å². The first kappa shape index (κ1) is 15.4. The number of rotatable bonds is 3. The summed E-state index contributed by atoms with van der Waals surface area (Å²) in [5.74, 6) is -1.06. The predicted octanol–water partition coefficient (Wildman–Crippen LogP) is 1.81. The Hall–Kier alpha value is -2.04. The summed E-state index contributed by atoms with van der Waals surface area (Å²) < 4.78 is 0. The Morgan fingerprint density at radius 1 is 1.33 bits per heavy atom. The van der Waals surface area contributed by atoms with E-state index < -0.39 is 18.1 Å². The molecule has 0 radical (unpaired) electrons. The van der Waals surface area contributed by atoms with Gasteiger partial charge < -0.3 is 15.3 Å². The molecule has 2 N–H and O–H groups in total. The van der Waals surface area contributed by atoms with E-state index in [9.17, 15) is 14.7 Å². The molecule has 1 aliphatic rings. The van der Waals surface area contributed by atoms with Crippen LogP contribution in [0.2, 0.25) is 0 Å². The maximum Gasteiger partial charge on any atom is 0.326 e. The first-order valence-corrected chi connectivity index (χ1v) is 7.12. The molecule has 1 aromatic rings. The number of fused-ring (bicyclic) bond motifs is 1. The molecular formula is C16H22N2O3. The number of benzene rings is 1. The maximum atomic E-state index is 12.4. The predicted molar refractivity (Wildman–Crippen MR) is 81.4 cm³/mol. The minimum atomic E-state index is -0.901. The third kappa shape index (κ3) is 3.17. The average Bonchev–Trinajstić information content (AvgIpc) is 2.75. The molecule has 1 heterocycles. The first-order valence-electron chi connectivity index (χ1n) is 7.12. The van der Waals surface area contributed by atoms with Crippen LogP contribution in [0, 0.1) is 0 Å². The zero-order valence-corrected chi connectivity index (χ0v) is 12.9. The summed E-state index contributed by atoms with van der Waals surface area (Å²) in [6.45, 7) is 7.47. The van der Waals surface area contributed by atoms with E-state index in [0.29, 0.717) is 6.42 Å². The highest BCUT2D eigenvalue weighted by Gasteiger charge is 2.39. The Bertz CT molecular complexity index is 563. The van der Waals surface area contributed by atoms with Crippen LogP contribution in [0.3, 0.4) is 0 Å². The molecule has 2 atom stereocenters. The lowest BCUT2D eigenvalue weighted by Crippen LogP contribution is -2.54. The van der Waals surface area contributed by atoms with Crippen LogP contribution in [-0.4, -0.2) is 34.6 Å². The average molecular weight is 290 g/mol. The van der Waals surface area contributed by atoms with E-state index in [1.807, 2.05) is 45.0 Å². The summed E-state index contributed by atoms with van der Waals surface area (Å²) in [6, 6.07) is 6.32. The molecule has 21 heavy (non-hydrogen) atoms. The van der Waals surface area contributed by atoms with Crippen molar-refractivity contribution in [1.29, 1.82) is 0 Å². The zero-order valence-electron chi connectivity index (χ0n) is 12.9. The van der Waals surface area contributed by atoms with Crippen LogP contribution in [-0.2, 0) is 16.0 Å². The molecule has 0 fully saturated rings. The quantitative estimate of drug-likeness (QED) is 0.890. The molecular weight excluding hydrogens is 268 g/mol. The topological polar surface area (TPSA) is 69.6 Å². The molecule has 114 valence electrons. The fourth-order valence-corrected chi connectivity index (χ4v) is 2.70. The second kappa shape index (κ2) is 5.39. The van der Waals surface area contributed by atoms with Crippen LogP contribution < -0.4 is 10.2 Å². The maximum absolute atomic E-state index is 12.4. The van der Waals surface area contributed by atoms with Crippen LogP contribution in [0.1, 0.15) is 33.3 Å². The molecule has 2 rings (SSSR count). The third-order valence-corrected chi connectivity index (χ3v) is 3.60. The third-order valence-electron chi connectivity index (χ3n) is 3.60. The van der Waals surface area contributed by atoms with Gasteiger partial charge in [-0.2, -0.15) is 0 Å². The number of aliphatic carboxylic acids is 1. The normalized spacial score (nSPS) is 19.0. The van der Waals surface area contributed by atoms with Crippen LogP contribution in [0.25, 0.3) is 0 Å². The highest BCUT2D eigenvalue weighted by molar-refractivity contribution is 5.91. The summed E-state index contributed by atoms with van der Waals surface area (Å²) >= 11 is 0. The molecule has 5 nitrogen and oxygen atoms in total. The van der Waals surface area contributed by atoms with E-state index in [2.05, 4.69) is 5.32 Å². The van der Waals surface area contributed by atoms with Gasteiger partial charge in [0.25, 0.3) is 0 Å². The number of carbonyl (C=O) groups excluding carboxylic acids is 1. The monoisotopic (exact) mass is 290 g/mol. The largest absolute Gasteiger partial charge is 0.480 e. The van der Waals surface area contributed by atoms with Gasteiger partial charge in [-0.1, -0.05) is 18.2 Å². The van der Waals surface area contributed by atoms with E-state index in [4.69, 9.17) is 0 Å². The van der Waals surface area contributed by atoms with Crippen molar-refractivity contribution in [2.24, 2.45) is 0 Å². The molecule has 0 saturated heterocycles. The van der Waals surface area contributed by atoms with Crippen molar-refractivity contribution in [2.75, 3.05) is 4.90 Å². The molecule has 0 spiro atoms. The summed E-state index contributed by atoms with van der Waals surface area (Å²) in [5.41, 5.74) is 1.46. The van der Waals surface area contributed by atoms with E-state index in [0.717, 1.165) is 11.3 Å². The van der Waals surface area contributed by atoms with Crippen molar-refractivity contribution >= 4 is 17.6 Å². The summed E-state index contributed by atoms with van der Waals surface area (Å²) in [5, 5.41) is 12.4. The minimum absolute atomic E-state index is 0.162. The number of nitrogens with zero attached hydrogens (tertiary/aromatic N) is 1. The number of amides is 1.